The number of aliphatic carboxylic acids is 1. The maximum absolute atomic E-state index is 15.7. The number of sulfone groups is 1. The Morgan fingerprint density at radius 1 is 1.12 bits per heavy atom. The van der Waals surface area contributed by atoms with E-state index in [1.54, 1.807) is 43.5 Å². The SMILES string of the molecule is [2H]C([2H])([2H])n1nc2nc1-c1cc(ccc1F)Oc1c(F)cc3[nH]ccc3c1CCS(=O)(=O)CC(C)(C)CCCC2(C)c1cccc(OCC(=O)O)c1. The van der Waals surface area contributed by atoms with Gasteiger partial charge in [0.1, 0.15) is 17.3 Å². The number of rotatable bonds is 4. The minimum Gasteiger partial charge on any atom is -0.482 e. The number of hydrogen-bond acceptors (Lipinski definition) is 7. The molecule has 13 heteroatoms. The molecule has 0 spiro atoms. The zero-order chi connectivity index (χ0) is 37.6. The maximum Gasteiger partial charge on any atom is 0.341 e. The molecule has 10 nitrogen and oxygen atoms in total. The van der Waals surface area contributed by atoms with Gasteiger partial charge in [0.15, 0.2) is 39.7 Å². The highest BCUT2D eigenvalue weighted by Gasteiger charge is 2.36. The van der Waals surface area contributed by atoms with Crippen molar-refractivity contribution in [2.75, 3.05) is 18.1 Å². The lowest BCUT2D eigenvalue weighted by Gasteiger charge is -2.30. The zero-order valence-corrected chi connectivity index (χ0v) is 28.0. The molecule has 5 aromatic rings. The molecule has 1 unspecified atom stereocenters. The molecule has 49 heavy (non-hydrogen) atoms. The molecule has 0 radical (unpaired) electrons. The molecule has 2 N–H and O–H groups in total. The molecule has 1 atom stereocenters. The average molecular weight is 696 g/mol. The fraction of sp³-hybridized carbons (Fsp3) is 0.361. The first-order chi connectivity index (χ1) is 24.3. The number of benzene rings is 3. The van der Waals surface area contributed by atoms with Crippen molar-refractivity contribution in [3.8, 4) is 28.6 Å². The minimum atomic E-state index is -3.68. The number of ether oxygens (including phenoxy) is 2. The molecule has 4 bridgehead atoms. The van der Waals surface area contributed by atoms with Gasteiger partial charge in [0.2, 0.25) is 0 Å². The number of aromatic nitrogens is 4. The third kappa shape index (κ3) is 7.17. The average Bonchev–Trinajstić information content (AvgIpc) is 3.72. The molecule has 0 amide bonds. The summed E-state index contributed by atoms with van der Waals surface area (Å²) >= 11 is 0. The smallest absolute Gasteiger partial charge is 0.341 e. The number of aromatic amines is 1. The van der Waals surface area contributed by atoms with E-state index in [2.05, 4.69) is 15.1 Å². The molecular formula is C36H38F2N4O6S. The third-order valence-electron chi connectivity index (χ3n) is 9.00. The van der Waals surface area contributed by atoms with E-state index < -0.39 is 51.9 Å². The summed E-state index contributed by atoms with van der Waals surface area (Å²) in [7, 11) is -3.68. The normalized spacial score (nSPS) is 20.5. The monoisotopic (exact) mass is 695 g/mol. The summed E-state index contributed by atoms with van der Waals surface area (Å²) in [5.74, 6) is -3.59. The number of nitrogens with zero attached hydrogens (tertiary/aromatic N) is 3. The Labute approximate surface area is 287 Å². The van der Waals surface area contributed by atoms with Crippen LogP contribution >= 0.6 is 0 Å². The third-order valence-corrected chi connectivity index (χ3v) is 11.1. The van der Waals surface area contributed by atoms with Crippen LogP contribution in [0.1, 0.15) is 61.1 Å². The topological polar surface area (TPSA) is 136 Å². The number of fused-ring (bicyclic) bond motifs is 8. The molecule has 0 saturated carbocycles. The number of carbonyl (C=O) groups is 1. The van der Waals surface area contributed by atoms with Gasteiger partial charge in [0.05, 0.1) is 22.5 Å². The first-order valence-electron chi connectivity index (χ1n) is 17.3. The number of hydrogen-bond donors (Lipinski definition) is 2. The van der Waals surface area contributed by atoms with Crippen LogP contribution in [-0.2, 0) is 33.4 Å². The van der Waals surface area contributed by atoms with E-state index in [0.717, 1.165) is 6.07 Å². The summed E-state index contributed by atoms with van der Waals surface area (Å²) in [6.07, 6.45) is 2.70. The lowest BCUT2D eigenvalue weighted by atomic mass is 9.75. The molecule has 0 saturated heterocycles. The van der Waals surface area contributed by atoms with Crippen molar-refractivity contribution in [3.63, 3.8) is 0 Å². The molecule has 3 aromatic carbocycles. The van der Waals surface area contributed by atoms with Gasteiger partial charge in [0, 0.05) is 39.8 Å². The lowest BCUT2D eigenvalue weighted by molar-refractivity contribution is -0.139. The van der Waals surface area contributed by atoms with E-state index in [4.69, 9.17) is 18.7 Å². The van der Waals surface area contributed by atoms with Gasteiger partial charge in [-0.25, -0.2) is 31.7 Å². The highest BCUT2D eigenvalue weighted by Crippen LogP contribution is 2.41. The summed E-state index contributed by atoms with van der Waals surface area (Å²) in [5.41, 5.74) is -0.821. The van der Waals surface area contributed by atoms with Gasteiger partial charge in [-0.1, -0.05) is 32.4 Å². The first-order valence-corrected chi connectivity index (χ1v) is 17.6. The first kappa shape index (κ1) is 30.3. The quantitative estimate of drug-likeness (QED) is 0.206. The molecule has 0 fully saturated rings. The number of nitrogens with one attached hydrogen (secondary N) is 1. The van der Waals surface area contributed by atoms with Crippen LogP contribution < -0.4 is 9.47 Å². The zero-order valence-electron chi connectivity index (χ0n) is 30.2. The molecule has 0 aliphatic carbocycles. The second-order valence-corrected chi connectivity index (χ2v) is 15.6. The standard InChI is InChI=1S/C36H38F2N4O6S/c1-35(2)13-6-14-36(3,22-7-5-8-23(17-22)47-20-31(43)44)34-40-33(42(4)41-34)27-18-24(9-10-28(27)37)48-32-26(12-16-49(45,46)21-35)25-11-15-39-30(25)19-29(32)38/h5,7-11,15,17-19,39H,6,12-14,16,20-21H2,1-4H3,(H,43,44)/i4D3. The van der Waals surface area contributed by atoms with Gasteiger partial charge >= 0.3 is 5.97 Å². The van der Waals surface area contributed by atoms with Crippen LogP contribution in [0.4, 0.5) is 8.78 Å². The van der Waals surface area contributed by atoms with E-state index in [0.29, 0.717) is 46.0 Å². The Bertz CT molecular complexity index is 2270. The van der Waals surface area contributed by atoms with Crippen molar-refractivity contribution in [1.29, 1.82) is 0 Å². The Morgan fingerprint density at radius 3 is 2.71 bits per heavy atom. The molecule has 1 aliphatic heterocycles. The number of halogens is 2. The van der Waals surface area contributed by atoms with Gasteiger partial charge in [-0.05, 0) is 73.6 Å². The number of carboxylic acid groups (broad SMARTS) is 1. The maximum atomic E-state index is 15.7. The van der Waals surface area contributed by atoms with E-state index in [9.17, 15) is 13.2 Å². The van der Waals surface area contributed by atoms with Gasteiger partial charge in [-0.3, -0.25) is 0 Å². The van der Waals surface area contributed by atoms with Crippen molar-refractivity contribution in [1.82, 2.24) is 19.7 Å². The highest BCUT2D eigenvalue weighted by atomic mass is 32.2. The summed E-state index contributed by atoms with van der Waals surface area (Å²) in [4.78, 5) is 18.8. The van der Waals surface area contributed by atoms with E-state index in [-0.39, 0.29) is 52.4 Å². The van der Waals surface area contributed by atoms with E-state index in [1.807, 2.05) is 13.8 Å². The largest absolute Gasteiger partial charge is 0.482 e. The van der Waals surface area contributed by atoms with Crippen molar-refractivity contribution in [2.24, 2.45) is 12.4 Å². The van der Waals surface area contributed by atoms with Crippen LogP contribution in [0.3, 0.4) is 0 Å². The molecular weight excluding hydrogens is 654 g/mol. The fourth-order valence-electron chi connectivity index (χ4n) is 6.54. The van der Waals surface area contributed by atoms with E-state index in [1.165, 1.54) is 18.2 Å². The molecule has 1 aliphatic rings. The molecule has 6 rings (SSSR count). The van der Waals surface area contributed by atoms with Gasteiger partial charge in [0.25, 0.3) is 0 Å². The van der Waals surface area contributed by atoms with Crippen molar-refractivity contribution >= 4 is 26.7 Å². The van der Waals surface area contributed by atoms with Gasteiger partial charge in [-0.2, -0.15) is 5.10 Å². The summed E-state index contributed by atoms with van der Waals surface area (Å²) in [6.45, 7) is 1.96. The predicted octanol–water partition coefficient (Wildman–Crippen LogP) is 6.97. The highest BCUT2D eigenvalue weighted by molar-refractivity contribution is 7.91. The van der Waals surface area contributed by atoms with E-state index >= 15 is 8.78 Å². The van der Waals surface area contributed by atoms with Crippen molar-refractivity contribution < 1.29 is 40.7 Å². The minimum absolute atomic E-state index is 0.0255. The van der Waals surface area contributed by atoms with Crippen LogP contribution in [0.5, 0.6) is 17.2 Å². The second-order valence-electron chi connectivity index (χ2n) is 13.4. The summed E-state index contributed by atoms with van der Waals surface area (Å²) in [6, 6.07) is 13.0. The second kappa shape index (κ2) is 12.9. The number of aryl methyl sites for hydroxylation is 2. The van der Waals surface area contributed by atoms with Crippen molar-refractivity contribution in [3.05, 3.63) is 89.4 Å². The van der Waals surface area contributed by atoms with Crippen LogP contribution in [-0.4, -0.2) is 57.4 Å². The molecule has 3 heterocycles. The van der Waals surface area contributed by atoms with Crippen LogP contribution in [0.25, 0.3) is 22.3 Å². The van der Waals surface area contributed by atoms with Crippen molar-refractivity contribution in [2.45, 2.75) is 51.9 Å². The summed E-state index contributed by atoms with van der Waals surface area (Å²) in [5, 5.41) is 14.2. The Balaban J connectivity index is 1.56. The van der Waals surface area contributed by atoms with Crippen LogP contribution in [0, 0.1) is 17.0 Å². The summed E-state index contributed by atoms with van der Waals surface area (Å²) < 4.78 is 95.8. The fourth-order valence-corrected chi connectivity index (χ4v) is 8.53. The number of H-pyrrole nitrogens is 1. The molecule has 2 aromatic heterocycles. The number of carboxylic acids is 1. The Hall–Kier alpha value is -4.78. The predicted molar refractivity (Wildman–Crippen MR) is 181 cm³/mol. The van der Waals surface area contributed by atoms with Crippen LogP contribution in [0.2, 0.25) is 0 Å². The van der Waals surface area contributed by atoms with Gasteiger partial charge < -0.3 is 19.6 Å². The van der Waals surface area contributed by atoms with Gasteiger partial charge in [-0.15, -0.1) is 0 Å². The van der Waals surface area contributed by atoms with Crippen LogP contribution in [0.15, 0.2) is 60.8 Å². The lowest BCUT2D eigenvalue weighted by Crippen LogP contribution is -2.29. The Kier molecular flexibility index (Phi) is 7.99. The Morgan fingerprint density at radius 2 is 1.94 bits per heavy atom. The molecule has 258 valence electrons.